The van der Waals surface area contributed by atoms with Gasteiger partial charge in [0, 0.05) is 0 Å². The second-order valence-electron chi connectivity index (χ2n) is 8.91. The van der Waals surface area contributed by atoms with Crippen LogP contribution < -0.4 is 21.9 Å². The van der Waals surface area contributed by atoms with Gasteiger partial charge in [-0.1, -0.05) is 91.0 Å². The summed E-state index contributed by atoms with van der Waals surface area (Å²) in [6.45, 7) is -0.548. The summed E-state index contributed by atoms with van der Waals surface area (Å²) in [4.78, 5) is 0. The zero-order chi connectivity index (χ0) is 24.8. The Balaban J connectivity index is 2.10. The van der Waals surface area contributed by atoms with Crippen LogP contribution in [0.4, 0.5) is 0 Å². The minimum Gasteiger partial charge on any atom is -0.392 e. The molecule has 0 heterocycles. The van der Waals surface area contributed by atoms with Crippen molar-refractivity contribution >= 4 is 28.0 Å². The maximum atomic E-state index is 10.1. The molecular formula is C29H30BO5-. The van der Waals surface area contributed by atoms with Crippen LogP contribution >= 0.6 is 0 Å². The molecule has 0 aliphatic carbocycles. The molecule has 0 saturated heterocycles. The molecular weight excluding hydrogens is 439 g/mol. The topological polar surface area (TPSA) is 101 Å². The van der Waals surface area contributed by atoms with Crippen LogP contribution in [0.3, 0.4) is 0 Å². The van der Waals surface area contributed by atoms with Crippen LogP contribution in [0, 0.1) is 0 Å². The van der Waals surface area contributed by atoms with Crippen molar-refractivity contribution in [2.75, 3.05) is 0 Å². The number of rotatable bonds is 9. The molecule has 0 bridgehead atoms. The first-order valence-corrected chi connectivity index (χ1v) is 11.7. The normalized spacial score (nSPS) is 11.6. The minimum absolute atomic E-state index is 0.0590. The molecule has 35 heavy (non-hydrogen) atoms. The van der Waals surface area contributed by atoms with Gasteiger partial charge in [-0.25, -0.2) is 0 Å². The molecule has 180 valence electrons. The quantitative estimate of drug-likeness (QED) is 0.230. The predicted octanol–water partition coefficient (Wildman–Crippen LogP) is 0.525. The van der Waals surface area contributed by atoms with Crippen molar-refractivity contribution in [3.8, 4) is 0 Å². The first-order chi connectivity index (χ1) is 17.1. The summed E-state index contributed by atoms with van der Waals surface area (Å²) >= 11 is 0. The molecule has 0 saturated carbocycles. The van der Waals surface area contributed by atoms with Crippen molar-refractivity contribution in [1.82, 2.24) is 0 Å². The monoisotopic (exact) mass is 469 g/mol. The van der Waals surface area contributed by atoms with Gasteiger partial charge < -0.3 is 25.5 Å². The highest BCUT2D eigenvalue weighted by Gasteiger charge is 2.32. The fraction of sp³-hybridized carbons (Fsp3) is 0.172. The van der Waals surface area contributed by atoms with Gasteiger partial charge in [-0.2, -0.15) is 21.9 Å². The van der Waals surface area contributed by atoms with Gasteiger partial charge in [0.1, 0.15) is 6.15 Å². The molecule has 0 aromatic heterocycles. The predicted molar refractivity (Wildman–Crippen MR) is 140 cm³/mol. The summed E-state index contributed by atoms with van der Waals surface area (Å²) in [7, 11) is 0. The van der Waals surface area contributed by atoms with E-state index >= 15 is 0 Å². The zero-order valence-corrected chi connectivity index (χ0v) is 19.5. The number of benzene rings is 4. The SMILES string of the molecule is OCc1ccc([B-](c2ccc(CO)cc2)(c2ccc(CO)cc2)c2ccc(CO)c(CO)c2)cc1. The molecule has 4 rings (SSSR count). The van der Waals surface area contributed by atoms with Crippen molar-refractivity contribution in [2.45, 2.75) is 33.0 Å². The molecule has 0 fully saturated rings. The fourth-order valence-corrected chi connectivity index (χ4v) is 5.11. The van der Waals surface area contributed by atoms with Gasteiger partial charge in [-0.3, -0.25) is 0 Å². The first-order valence-electron chi connectivity index (χ1n) is 11.7. The number of aliphatic hydroxyl groups excluding tert-OH is 5. The highest BCUT2D eigenvalue weighted by Crippen LogP contribution is 2.15. The van der Waals surface area contributed by atoms with Crippen molar-refractivity contribution < 1.29 is 25.5 Å². The van der Waals surface area contributed by atoms with Gasteiger partial charge >= 0.3 is 0 Å². The lowest BCUT2D eigenvalue weighted by atomic mass is 9.13. The van der Waals surface area contributed by atoms with Crippen LogP contribution in [-0.4, -0.2) is 31.7 Å². The van der Waals surface area contributed by atoms with Crippen LogP contribution in [0.5, 0.6) is 0 Å². The molecule has 0 aliphatic rings. The third kappa shape index (κ3) is 4.67. The van der Waals surface area contributed by atoms with Gasteiger partial charge in [-0.05, 0) is 27.8 Å². The maximum Gasteiger partial charge on any atom is 0.108 e. The molecule has 0 spiro atoms. The van der Waals surface area contributed by atoms with E-state index in [2.05, 4.69) is 0 Å². The number of hydrogen-bond acceptors (Lipinski definition) is 5. The Morgan fingerprint density at radius 1 is 0.371 bits per heavy atom. The molecule has 4 aromatic rings. The Morgan fingerprint density at radius 3 is 1.03 bits per heavy atom. The smallest absolute Gasteiger partial charge is 0.108 e. The Labute approximate surface area is 205 Å². The molecule has 0 aliphatic heterocycles. The van der Waals surface area contributed by atoms with E-state index in [0.29, 0.717) is 11.1 Å². The number of aliphatic hydroxyl groups is 5. The molecule has 5 nitrogen and oxygen atoms in total. The van der Waals surface area contributed by atoms with E-state index < -0.39 is 6.15 Å². The van der Waals surface area contributed by atoms with Gasteiger partial charge in [0.15, 0.2) is 0 Å². The molecule has 6 heteroatoms. The lowest BCUT2D eigenvalue weighted by Crippen LogP contribution is -2.74. The van der Waals surface area contributed by atoms with Crippen molar-refractivity contribution in [3.05, 3.63) is 119 Å². The van der Waals surface area contributed by atoms with Crippen molar-refractivity contribution in [1.29, 1.82) is 0 Å². The van der Waals surface area contributed by atoms with Crippen molar-refractivity contribution in [3.63, 3.8) is 0 Å². The molecule has 0 amide bonds. The van der Waals surface area contributed by atoms with E-state index in [9.17, 15) is 25.5 Å². The third-order valence-corrected chi connectivity index (χ3v) is 7.06. The summed E-state index contributed by atoms with van der Waals surface area (Å²) in [5.41, 5.74) is 7.72. The second-order valence-corrected chi connectivity index (χ2v) is 8.91. The van der Waals surface area contributed by atoms with E-state index in [1.165, 1.54) is 0 Å². The Hall–Kier alpha value is -3.26. The Bertz CT molecular complexity index is 1140. The molecule has 0 unspecified atom stereocenters. The Kier molecular flexibility index (Phi) is 7.81. The summed E-state index contributed by atoms with van der Waals surface area (Å²) in [5.74, 6) is 0. The lowest BCUT2D eigenvalue weighted by molar-refractivity contribution is 0.260. The third-order valence-electron chi connectivity index (χ3n) is 7.06. The zero-order valence-electron chi connectivity index (χ0n) is 19.5. The van der Waals surface area contributed by atoms with E-state index in [-0.39, 0.29) is 33.0 Å². The van der Waals surface area contributed by atoms with E-state index in [1.807, 2.05) is 91.0 Å². The van der Waals surface area contributed by atoms with Gasteiger partial charge in [0.05, 0.1) is 33.0 Å². The summed E-state index contributed by atoms with van der Waals surface area (Å²) in [5, 5.41) is 48.7. The maximum absolute atomic E-state index is 10.1. The van der Waals surface area contributed by atoms with Crippen molar-refractivity contribution in [2.24, 2.45) is 0 Å². The highest BCUT2D eigenvalue weighted by molar-refractivity contribution is 7.19. The second kappa shape index (κ2) is 11.0. The van der Waals surface area contributed by atoms with Gasteiger partial charge in [0.25, 0.3) is 0 Å². The van der Waals surface area contributed by atoms with Gasteiger partial charge in [-0.15, -0.1) is 0 Å². The summed E-state index contributed by atoms with van der Waals surface area (Å²) in [6.07, 6.45) is -1.76. The van der Waals surface area contributed by atoms with Crippen LogP contribution in [0.1, 0.15) is 27.8 Å². The van der Waals surface area contributed by atoms with Crippen LogP contribution in [-0.2, 0) is 33.0 Å². The van der Waals surface area contributed by atoms with Crippen LogP contribution in [0.15, 0.2) is 91.0 Å². The first kappa shape index (κ1) is 24.9. The lowest BCUT2D eigenvalue weighted by Gasteiger charge is -2.45. The summed E-state index contributed by atoms with van der Waals surface area (Å²) < 4.78 is 0. The average molecular weight is 469 g/mol. The van der Waals surface area contributed by atoms with Crippen LogP contribution in [0.2, 0.25) is 0 Å². The fourth-order valence-electron chi connectivity index (χ4n) is 5.11. The molecule has 0 atom stereocenters. The standard InChI is InChI=1S/C29H30BO5/c31-16-21-1-8-26(9-2-21)30(27-10-3-22(17-32)4-11-27,28-12-5-23(18-33)6-13-28)29-14-7-24(19-34)25(15-29)20-35/h1-15,31-35H,16-20H2/q-1. The molecule has 4 aromatic carbocycles. The Morgan fingerprint density at radius 2 is 0.714 bits per heavy atom. The molecule has 0 radical (unpaired) electrons. The number of hydrogen-bond donors (Lipinski definition) is 5. The highest BCUT2D eigenvalue weighted by atomic mass is 16.3. The van der Waals surface area contributed by atoms with E-state index in [0.717, 1.165) is 38.5 Å². The van der Waals surface area contributed by atoms with E-state index in [4.69, 9.17) is 0 Å². The summed E-state index contributed by atoms with van der Waals surface area (Å²) in [6, 6.07) is 29.3. The average Bonchev–Trinajstić information content (AvgIpc) is 2.94. The van der Waals surface area contributed by atoms with Crippen LogP contribution in [0.25, 0.3) is 0 Å². The molecule has 5 N–H and O–H groups in total. The minimum atomic E-state index is -1.76. The largest absolute Gasteiger partial charge is 0.392 e. The van der Waals surface area contributed by atoms with E-state index in [1.54, 1.807) is 0 Å². The van der Waals surface area contributed by atoms with Gasteiger partial charge in [0.2, 0.25) is 0 Å².